The number of aliphatic hydroxyl groups excluding tert-OH is 2. The molecule has 7 fully saturated rings. The largest absolute Gasteiger partial charge is 0.462 e. The minimum Gasteiger partial charge on any atom is -0.462 e. The number of fused-ring (bicyclic) bond motifs is 7. The summed E-state index contributed by atoms with van der Waals surface area (Å²) in [5.41, 5.74) is 1.96. The molecule has 3 saturated carbocycles. The van der Waals surface area contributed by atoms with Gasteiger partial charge in [-0.25, -0.2) is 0 Å². The lowest BCUT2D eigenvalue weighted by Crippen LogP contribution is -2.58. The number of carbonyl (C=O) groups is 3. The second-order valence-electron chi connectivity index (χ2n) is 28.4. The van der Waals surface area contributed by atoms with Crippen molar-refractivity contribution in [1.29, 1.82) is 0 Å². The fourth-order valence-corrected chi connectivity index (χ4v) is 17.5. The van der Waals surface area contributed by atoms with Crippen LogP contribution >= 0.6 is 0 Å². The van der Waals surface area contributed by atoms with Crippen molar-refractivity contribution < 1.29 is 81.8 Å². The molecule has 11 aliphatic rings. The monoisotopic (exact) mass is 1220 g/mol. The van der Waals surface area contributed by atoms with Crippen molar-refractivity contribution >= 4 is 17.7 Å². The molecular formula is C70H104O17. The standard InChI is InChI=1S/C48H72O14.C22H32O3/c1-11-25(2)43-28(5)17-18-47(62-43)23-34-20-33(61-47)16-15-27(4)42(26(3)13-12-14-32-24-55-45-40(49)29(6)19-35(46(51)58-34)48(32,45)52)59-39-22-37(54-10)44(31(8)57-39)60-38-21-36(53-9)41(50)30(7)56-38;1-4-20(24)25-19-8-7-17-16-6-5-14-13-15(23)9-11-21(14,2)18(16)10-12-22(17,19)3/h12-15,17-19,25-26,28,30-31,33-45,49-50,52H,11,16,20-24H2,1-10H3;13,16-19H,4-12H2,1-3H3. The van der Waals surface area contributed by atoms with Gasteiger partial charge in [0, 0.05) is 70.0 Å². The quantitative estimate of drug-likeness (QED) is 0.137. The minimum absolute atomic E-state index is 0.0317. The Morgan fingerprint density at radius 2 is 1.55 bits per heavy atom. The topological polar surface area (TPSA) is 213 Å². The Morgan fingerprint density at radius 3 is 2.29 bits per heavy atom. The number of ether oxygens (including phenoxy) is 11. The number of ketones is 1. The molecule has 6 aliphatic heterocycles. The summed E-state index contributed by atoms with van der Waals surface area (Å²) in [6.45, 7) is 22.8. The summed E-state index contributed by atoms with van der Waals surface area (Å²) in [5.74, 6) is -0.151. The van der Waals surface area contributed by atoms with Crippen LogP contribution in [-0.2, 0) is 66.5 Å². The highest BCUT2D eigenvalue weighted by Crippen LogP contribution is 2.66. The summed E-state index contributed by atoms with van der Waals surface area (Å²) in [6, 6.07) is 0. The molecule has 17 heteroatoms. The minimum atomic E-state index is -1.84. The Labute approximate surface area is 517 Å². The first-order valence-electron chi connectivity index (χ1n) is 33.2. The van der Waals surface area contributed by atoms with Crippen molar-refractivity contribution in [3.8, 4) is 0 Å². The van der Waals surface area contributed by atoms with Gasteiger partial charge in [-0.15, -0.1) is 0 Å². The van der Waals surface area contributed by atoms with E-state index in [-0.39, 0.29) is 65.6 Å². The maximum Gasteiger partial charge on any atom is 0.316 e. The number of hydrogen-bond donors (Lipinski definition) is 3. The summed E-state index contributed by atoms with van der Waals surface area (Å²) >= 11 is 0. The van der Waals surface area contributed by atoms with E-state index >= 15 is 0 Å². The van der Waals surface area contributed by atoms with Crippen molar-refractivity contribution in [3.05, 3.63) is 70.9 Å². The maximum atomic E-state index is 14.3. The normalized spacial score (nSPS) is 46.6. The van der Waals surface area contributed by atoms with Gasteiger partial charge in [-0.1, -0.05) is 96.9 Å². The highest BCUT2D eigenvalue weighted by Gasteiger charge is 2.62. The van der Waals surface area contributed by atoms with Gasteiger partial charge in [0.05, 0.1) is 49.3 Å². The zero-order valence-corrected chi connectivity index (χ0v) is 54.2. The maximum absolute atomic E-state index is 14.3. The molecule has 0 aromatic carbocycles. The van der Waals surface area contributed by atoms with E-state index in [9.17, 15) is 29.7 Å². The number of rotatable bonds is 10. The van der Waals surface area contributed by atoms with Crippen LogP contribution in [0.3, 0.4) is 0 Å². The number of methoxy groups -OCH3 is 2. The van der Waals surface area contributed by atoms with Gasteiger partial charge < -0.3 is 67.4 Å². The van der Waals surface area contributed by atoms with Crippen LogP contribution in [0.4, 0.5) is 0 Å². The molecule has 17 nitrogen and oxygen atoms in total. The molecule has 87 heavy (non-hydrogen) atoms. The van der Waals surface area contributed by atoms with E-state index in [0.717, 1.165) is 50.0 Å². The predicted molar refractivity (Wildman–Crippen MR) is 324 cm³/mol. The van der Waals surface area contributed by atoms with E-state index in [1.807, 2.05) is 45.1 Å². The average molecular weight is 1220 g/mol. The van der Waals surface area contributed by atoms with Crippen LogP contribution < -0.4 is 0 Å². The lowest BCUT2D eigenvalue weighted by molar-refractivity contribution is -0.318. The van der Waals surface area contributed by atoms with Gasteiger partial charge in [0.1, 0.15) is 48.1 Å². The number of hydrogen-bond acceptors (Lipinski definition) is 17. The van der Waals surface area contributed by atoms with Crippen LogP contribution in [0.15, 0.2) is 70.9 Å². The van der Waals surface area contributed by atoms with Gasteiger partial charge >= 0.3 is 11.9 Å². The highest BCUT2D eigenvalue weighted by atomic mass is 16.7. The smallest absolute Gasteiger partial charge is 0.316 e. The van der Waals surface area contributed by atoms with Crippen LogP contribution in [0.25, 0.3) is 0 Å². The van der Waals surface area contributed by atoms with E-state index in [2.05, 4.69) is 53.7 Å². The van der Waals surface area contributed by atoms with Crippen LogP contribution in [0.5, 0.6) is 0 Å². The molecule has 1 spiro atoms. The second kappa shape index (κ2) is 27.0. The molecule has 11 rings (SSSR count). The SMILES string of the molecule is CCC(=O)OC1CCC2C3CCC4=CC(=O)CCC4(C)C3CCC12C.CCC(C)C1OC2(C=CC1C)CC1CC(CC=C(C)C(OC3CC(OC)C(OC4CC(OC)C(O)C(C)O4)C(C)O3)C(C)C=CC=C3COC4C(O)C(C)=CC(C(=O)O1)C34O)O2. The van der Waals surface area contributed by atoms with Crippen molar-refractivity contribution in [2.75, 3.05) is 20.8 Å². The molecule has 6 heterocycles. The fraction of sp³-hybridized carbons (Fsp3) is 0.786. The lowest BCUT2D eigenvalue weighted by Gasteiger charge is -2.57. The predicted octanol–water partition coefficient (Wildman–Crippen LogP) is 10.2. The summed E-state index contributed by atoms with van der Waals surface area (Å²) in [4.78, 5) is 38.1. The third-order valence-corrected chi connectivity index (χ3v) is 22.9. The first-order valence-corrected chi connectivity index (χ1v) is 33.2. The van der Waals surface area contributed by atoms with Gasteiger partial charge in [-0.2, -0.15) is 0 Å². The number of carbonyl (C=O) groups excluding carboxylic acids is 3. The van der Waals surface area contributed by atoms with E-state index in [0.29, 0.717) is 67.3 Å². The van der Waals surface area contributed by atoms with E-state index in [1.54, 1.807) is 40.2 Å². The third kappa shape index (κ3) is 13.2. The molecule has 26 unspecified atom stereocenters. The molecule has 4 saturated heterocycles. The summed E-state index contributed by atoms with van der Waals surface area (Å²) in [6.07, 6.45) is 19.8. The van der Waals surface area contributed by atoms with Gasteiger partial charge in [-0.05, 0) is 137 Å². The van der Waals surface area contributed by atoms with E-state index in [4.69, 9.17) is 52.1 Å². The van der Waals surface area contributed by atoms with Crippen molar-refractivity contribution in [2.45, 2.75) is 276 Å². The third-order valence-electron chi connectivity index (χ3n) is 22.9. The van der Waals surface area contributed by atoms with E-state index < -0.39 is 90.8 Å². The second-order valence-corrected chi connectivity index (χ2v) is 28.4. The van der Waals surface area contributed by atoms with Gasteiger partial charge in [0.25, 0.3) is 0 Å². The fourth-order valence-electron chi connectivity index (χ4n) is 17.5. The number of esters is 2. The number of allylic oxidation sites excluding steroid dienone is 3. The lowest BCUT2D eigenvalue weighted by atomic mass is 9.47. The van der Waals surface area contributed by atoms with Crippen LogP contribution in [-0.4, -0.2) is 157 Å². The Morgan fingerprint density at radius 1 is 0.816 bits per heavy atom. The Kier molecular flexibility index (Phi) is 20.7. The van der Waals surface area contributed by atoms with Gasteiger partial charge in [-0.3, -0.25) is 14.4 Å². The molecule has 0 aromatic rings. The summed E-state index contributed by atoms with van der Waals surface area (Å²) in [7, 11) is 3.22. The van der Waals surface area contributed by atoms with Crippen LogP contribution in [0, 0.1) is 52.3 Å². The zero-order chi connectivity index (χ0) is 62.5. The molecule has 3 N–H and O–H groups in total. The summed E-state index contributed by atoms with van der Waals surface area (Å²) in [5, 5.41) is 34.2. The first-order chi connectivity index (χ1) is 41.4. The number of aliphatic hydroxyl groups is 3. The van der Waals surface area contributed by atoms with Crippen LogP contribution in [0.1, 0.15) is 172 Å². The van der Waals surface area contributed by atoms with Crippen LogP contribution in [0.2, 0.25) is 0 Å². The highest BCUT2D eigenvalue weighted by molar-refractivity contribution is 5.91. The first kappa shape index (κ1) is 66.5. The zero-order valence-electron chi connectivity index (χ0n) is 54.2. The van der Waals surface area contributed by atoms with Crippen molar-refractivity contribution in [1.82, 2.24) is 0 Å². The Bertz CT molecular complexity index is 2660. The Hall–Kier alpha value is -3.43. The Balaban J connectivity index is 0.000000277. The molecule has 0 radical (unpaired) electrons. The molecule has 0 aromatic heterocycles. The molecule has 486 valence electrons. The summed E-state index contributed by atoms with van der Waals surface area (Å²) < 4.78 is 69.5. The molecule has 0 amide bonds. The molecule has 5 aliphatic carbocycles. The van der Waals surface area contributed by atoms with Crippen molar-refractivity contribution in [3.63, 3.8) is 0 Å². The van der Waals surface area contributed by atoms with Crippen molar-refractivity contribution in [2.24, 2.45) is 52.3 Å². The van der Waals surface area contributed by atoms with Gasteiger partial charge in [0.15, 0.2) is 24.2 Å². The molecular weight excluding hydrogens is 1110 g/mol. The van der Waals surface area contributed by atoms with Gasteiger partial charge in [0.2, 0.25) is 0 Å². The average Bonchev–Trinajstić information content (AvgIpc) is 1.75. The molecule has 2 bridgehead atoms. The molecule has 26 atom stereocenters. The van der Waals surface area contributed by atoms with E-state index in [1.165, 1.54) is 24.8 Å².